The van der Waals surface area contributed by atoms with Crippen molar-refractivity contribution in [2.75, 3.05) is 39.3 Å². The van der Waals surface area contributed by atoms with Gasteiger partial charge in [0.25, 0.3) is 0 Å². The van der Waals surface area contributed by atoms with Crippen LogP contribution >= 0.6 is 0 Å². The van der Waals surface area contributed by atoms with Crippen molar-refractivity contribution in [2.24, 2.45) is 0 Å². The summed E-state index contributed by atoms with van der Waals surface area (Å²) in [6.45, 7) is 6.13. The predicted octanol–water partition coefficient (Wildman–Crippen LogP) is 2.41. The molecule has 2 amide bonds. The summed E-state index contributed by atoms with van der Waals surface area (Å²) in [5.41, 5.74) is 3.92. The number of amides is 2. The summed E-state index contributed by atoms with van der Waals surface area (Å²) in [4.78, 5) is 40.1. The van der Waals surface area contributed by atoms with Crippen LogP contribution in [0.5, 0.6) is 0 Å². The van der Waals surface area contributed by atoms with Crippen molar-refractivity contribution in [3.63, 3.8) is 0 Å². The van der Waals surface area contributed by atoms with E-state index in [0.717, 1.165) is 42.2 Å². The number of benzene rings is 1. The molecule has 0 atom stereocenters. The molecule has 0 spiro atoms. The Morgan fingerprint density at radius 3 is 2.75 bits per heavy atom. The molecule has 1 aliphatic rings. The lowest BCUT2D eigenvalue weighted by Gasteiger charge is -2.34. The summed E-state index contributed by atoms with van der Waals surface area (Å²) in [6, 6.07) is 11.9. The molecule has 0 aliphatic carbocycles. The fourth-order valence-corrected chi connectivity index (χ4v) is 3.76. The highest BCUT2D eigenvalue weighted by atomic mass is 16.5. The molecular weight excluding hydrogens is 408 g/mol. The fraction of sp³-hybridized carbons (Fsp3) is 0.391. The molecule has 3 aromatic rings. The molecule has 0 saturated carbocycles. The Morgan fingerprint density at radius 2 is 2.00 bits per heavy atom. The molecule has 1 fully saturated rings. The van der Waals surface area contributed by atoms with Crippen molar-refractivity contribution >= 4 is 23.0 Å². The molecule has 32 heavy (non-hydrogen) atoms. The number of aromatic amines is 1. The average Bonchev–Trinajstić information content (AvgIpc) is 3.24. The average molecular weight is 437 g/mol. The molecular formula is C23H28N6O3. The first-order valence-electron chi connectivity index (χ1n) is 10.9. The summed E-state index contributed by atoms with van der Waals surface area (Å²) in [7, 11) is 0. The monoisotopic (exact) mass is 436 g/mol. The number of hydrogen-bond donors (Lipinski definition) is 2. The summed E-state index contributed by atoms with van der Waals surface area (Å²) >= 11 is 0. The molecule has 3 heterocycles. The molecule has 168 valence electrons. The molecule has 4 rings (SSSR count). The molecule has 9 nitrogen and oxygen atoms in total. The van der Waals surface area contributed by atoms with E-state index in [2.05, 4.69) is 37.3 Å². The molecule has 1 aromatic carbocycles. The van der Waals surface area contributed by atoms with Crippen LogP contribution in [-0.4, -0.2) is 76.1 Å². The topological polar surface area (TPSA) is 103 Å². The number of pyridine rings is 1. The molecule has 1 aliphatic heterocycles. The van der Waals surface area contributed by atoms with Crippen LogP contribution in [0.2, 0.25) is 0 Å². The van der Waals surface area contributed by atoms with E-state index in [1.807, 2.05) is 24.3 Å². The van der Waals surface area contributed by atoms with Crippen LogP contribution in [0.15, 0.2) is 42.6 Å². The molecule has 0 radical (unpaired) electrons. The van der Waals surface area contributed by atoms with Gasteiger partial charge in [0, 0.05) is 45.5 Å². The molecule has 1 saturated heterocycles. The van der Waals surface area contributed by atoms with Gasteiger partial charge in [0.05, 0.1) is 24.1 Å². The number of fused-ring (bicyclic) bond motifs is 1. The molecule has 9 heteroatoms. The maximum absolute atomic E-state index is 12.3. The summed E-state index contributed by atoms with van der Waals surface area (Å²) in [5.74, 6) is 0.472. The van der Waals surface area contributed by atoms with Gasteiger partial charge < -0.3 is 19.9 Å². The van der Waals surface area contributed by atoms with Gasteiger partial charge in [-0.3, -0.25) is 14.7 Å². The van der Waals surface area contributed by atoms with Gasteiger partial charge in [-0.1, -0.05) is 12.1 Å². The number of carbonyl (C=O) groups is 2. The van der Waals surface area contributed by atoms with Crippen LogP contribution in [0, 0.1) is 0 Å². The zero-order valence-corrected chi connectivity index (χ0v) is 18.2. The maximum Gasteiger partial charge on any atom is 0.317 e. The van der Waals surface area contributed by atoms with Gasteiger partial charge in [-0.15, -0.1) is 0 Å². The third-order valence-corrected chi connectivity index (χ3v) is 5.43. The Kier molecular flexibility index (Phi) is 6.96. The van der Waals surface area contributed by atoms with Gasteiger partial charge in [0.1, 0.15) is 5.69 Å². The normalized spacial score (nSPS) is 14.5. The third-order valence-electron chi connectivity index (χ3n) is 5.43. The van der Waals surface area contributed by atoms with E-state index < -0.39 is 0 Å². The van der Waals surface area contributed by atoms with Crippen LogP contribution < -0.4 is 5.32 Å². The summed E-state index contributed by atoms with van der Waals surface area (Å²) in [5, 5.41) is 2.79. The largest absolute Gasteiger partial charge is 0.466 e. The van der Waals surface area contributed by atoms with Gasteiger partial charge >= 0.3 is 12.0 Å². The minimum absolute atomic E-state index is 0.130. The first kappa shape index (κ1) is 21.8. The molecule has 0 bridgehead atoms. The lowest BCUT2D eigenvalue weighted by molar-refractivity contribution is -0.142. The highest BCUT2D eigenvalue weighted by Gasteiger charge is 2.21. The predicted molar refractivity (Wildman–Crippen MR) is 121 cm³/mol. The Bertz CT molecular complexity index is 1060. The number of aromatic nitrogens is 3. The Labute approximate surface area is 186 Å². The minimum Gasteiger partial charge on any atom is -0.466 e. The Morgan fingerprint density at radius 1 is 1.16 bits per heavy atom. The van der Waals surface area contributed by atoms with E-state index in [4.69, 9.17) is 4.74 Å². The van der Waals surface area contributed by atoms with Crippen molar-refractivity contribution in [3.8, 4) is 11.5 Å². The van der Waals surface area contributed by atoms with Gasteiger partial charge in [0.15, 0.2) is 5.82 Å². The quantitative estimate of drug-likeness (QED) is 0.552. The smallest absolute Gasteiger partial charge is 0.317 e. The number of piperazine rings is 1. The highest BCUT2D eigenvalue weighted by Crippen LogP contribution is 2.20. The second-order valence-electron chi connectivity index (χ2n) is 7.70. The zero-order valence-electron chi connectivity index (χ0n) is 18.2. The number of esters is 1. The third kappa shape index (κ3) is 5.42. The number of hydrogen-bond acceptors (Lipinski definition) is 6. The number of ether oxygens (including phenoxy) is 1. The van der Waals surface area contributed by atoms with Crippen molar-refractivity contribution < 1.29 is 14.3 Å². The number of imidazole rings is 1. The van der Waals surface area contributed by atoms with E-state index in [9.17, 15) is 9.59 Å². The molecule has 0 unspecified atom stereocenters. The van der Waals surface area contributed by atoms with E-state index in [1.54, 1.807) is 18.0 Å². The maximum atomic E-state index is 12.3. The molecule has 2 N–H and O–H groups in total. The minimum atomic E-state index is -0.293. The number of urea groups is 1. The van der Waals surface area contributed by atoms with Crippen LogP contribution in [-0.2, 0) is 16.1 Å². The van der Waals surface area contributed by atoms with Crippen molar-refractivity contribution in [1.82, 2.24) is 30.1 Å². The SMILES string of the molecule is CCOC(=O)CCNC(=O)N1CCN(Cc2ccc3nc(-c4ccccn4)[nH]c3c2)CC1. The van der Waals surface area contributed by atoms with Crippen LogP contribution in [0.4, 0.5) is 4.79 Å². The van der Waals surface area contributed by atoms with Gasteiger partial charge in [-0.25, -0.2) is 9.78 Å². The number of rotatable bonds is 7. The Hall–Kier alpha value is -3.46. The highest BCUT2D eigenvalue weighted by molar-refractivity contribution is 5.79. The van der Waals surface area contributed by atoms with Gasteiger partial charge in [-0.05, 0) is 36.8 Å². The number of nitrogens with zero attached hydrogens (tertiary/aromatic N) is 4. The van der Waals surface area contributed by atoms with Crippen molar-refractivity contribution in [2.45, 2.75) is 19.9 Å². The van der Waals surface area contributed by atoms with Crippen LogP contribution in [0.25, 0.3) is 22.6 Å². The van der Waals surface area contributed by atoms with E-state index in [-0.39, 0.29) is 18.4 Å². The first-order valence-corrected chi connectivity index (χ1v) is 10.9. The van der Waals surface area contributed by atoms with Crippen LogP contribution in [0.1, 0.15) is 18.9 Å². The molecule has 2 aromatic heterocycles. The van der Waals surface area contributed by atoms with Crippen molar-refractivity contribution in [1.29, 1.82) is 0 Å². The number of nitrogens with one attached hydrogen (secondary N) is 2. The summed E-state index contributed by atoms with van der Waals surface area (Å²) < 4.78 is 4.87. The number of H-pyrrole nitrogens is 1. The fourth-order valence-electron chi connectivity index (χ4n) is 3.76. The first-order chi connectivity index (χ1) is 15.6. The lowest BCUT2D eigenvalue weighted by Crippen LogP contribution is -2.51. The van der Waals surface area contributed by atoms with Crippen molar-refractivity contribution in [3.05, 3.63) is 48.2 Å². The van der Waals surface area contributed by atoms with E-state index in [1.165, 1.54) is 5.56 Å². The second-order valence-corrected chi connectivity index (χ2v) is 7.70. The van der Waals surface area contributed by atoms with E-state index in [0.29, 0.717) is 26.2 Å². The standard InChI is InChI=1S/C23H28N6O3/c1-2-32-21(30)8-10-25-23(31)29-13-11-28(12-14-29)16-17-6-7-18-20(15-17)27-22(26-18)19-5-3-4-9-24-19/h3-7,9,15H,2,8,10-14,16H2,1H3,(H,25,31)(H,26,27). The zero-order chi connectivity index (χ0) is 22.3. The number of carbonyl (C=O) groups excluding carboxylic acids is 2. The van der Waals surface area contributed by atoms with Gasteiger partial charge in [0.2, 0.25) is 0 Å². The summed E-state index contributed by atoms with van der Waals surface area (Å²) in [6.07, 6.45) is 1.95. The van der Waals surface area contributed by atoms with Gasteiger partial charge in [-0.2, -0.15) is 0 Å². The Balaban J connectivity index is 1.27. The van der Waals surface area contributed by atoms with Crippen LogP contribution in [0.3, 0.4) is 0 Å². The van der Waals surface area contributed by atoms with E-state index >= 15 is 0 Å². The lowest BCUT2D eigenvalue weighted by atomic mass is 10.1. The second kappa shape index (κ2) is 10.2.